The van der Waals surface area contributed by atoms with Crippen molar-refractivity contribution in [1.29, 1.82) is 0 Å². The van der Waals surface area contributed by atoms with Gasteiger partial charge in [0.2, 0.25) is 0 Å². The fourth-order valence-corrected chi connectivity index (χ4v) is 8.46. The molecular formula is C59H112NO8+. The molecule has 0 spiro atoms. The molecule has 2 atom stereocenters. The second-order valence-corrected chi connectivity index (χ2v) is 21.0. The van der Waals surface area contributed by atoms with Gasteiger partial charge in [0.05, 0.1) is 34.4 Å². The minimum atomic E-state index is -1.50. The Labute approximate surface area is 420 Å². The van der Waals surface area contributed by atoms with Gasteiger partial charge in [0.1, 0.15) is 13.2 Å². The summed E-state index contributed by atoms with van der Waals surface area (Å²) in [5.41, 5.74) is 0. The molecule has 68 heavy (non-hydrogen) atoms. The van der Waals surface area contributed by atoms with Crippen LogP contribution in [0.1, 0.15) is 277 Å². The third-order valence-electron chi connectivity index (χ3n) is 13.0. The maximum atomic E-state index is 12.8. The Morgan fingerprint density at radius 2 is 0.794 bits per heavy atom. The van der Waals surface area contributed by atoms with Crippen LogP contribution in [0.15, 0.2) is 24.3 Å². The van der Waals surface area contributed by atoms with E-state index in [1.807, 2.05) is 21.1 Å². The number of quaternary nitrogens is 1. The quantitative estimate of drug-likeness (QED) is 0.0211. The molecular weight excluding hydrogens is 851 g/mol. The largest absolute Gasteiger partial charge is 0.477 e. The molecule has 0 aromatic rings. The number of carboxylic acids is 1. The maximum absolute atomic E-state index is 12.8. The average Bonchev–Trinajstić information content (AvgIpc) is 3.30. The highest BCUT2D eigenvalue weighted by molar-refractivity contribution is 5.71. The Morgan fingerprint density at radius 1 is 0.441 bits per heavy atom. The van der Waals surface area contributed by atoms with Crippen LogP contribution in [-0.4, -0.2) is 87.4 Å². The molecule has 9 heteroatoms. The zero-order chi connectivity index (χ0) is 49.9. The molecule has 0 aromatic carbocycles. The van der Waals surface area contributed by atoms with Crippen molar-refractivity contribution in [3.63, 3.8) is 0 Å². The third kappa shape index (κ3) is 51.6. The minimum absolute atomic E-state index is 0.176. The maximum Gasteiger partial charge on any atom is 0.361 e. The molecule has 0 saturated carbocycles. The van der Waals surface area contributed by atoms with E-state index in [-0.39, 0.29) is 38.2 Å². The van der Waals surface area contributed by atoms with E-state index in [0.29, 0.717) is 17.4 Å². The first-order valence-corrected chi connectivity index (χ1v) is 29.0. The van der Waals surface area contributed by atoms with Crippen LogP contribution in [0.25, 0.3) is 0 Å². The lowest BCUT2D eigenvalue weighted by Crippen LogP contribution is -2.40. The lowest BCUT2D eigenvalue weighted by atomic mass is 10.0. The Bertz CT molecular complexity index is 1170. The van der Waals surface area contributed by atoms with Crippen molar-refractivity contribution < 1.29 is 42.9 Å². The Hall–Kier alpha value is -2.23. The SMILES string of the molecule is CCCCCCC/C=C\C/C=C\CCCCCCCCCCCCCCCCCCCCCCCCCC(=O)OC(COC(=O)CCCCCCCCCC)COC(OCC[N+](C)(C)C)C(=O)O. The van der Waals surface area contributed by atoms with Gasteiger partial charge in [-0.05, 0) is 44.9 Å². The van der Waals surface area contributed by atoms with E-state index >= 15 is 0 Å². The lowest BCUT2D eigenvalue weighted by Gasteiger charge is -2.25. The van der Waals surface area contributed by atoms with Gasteiger partial charge in [0.15, 0.2) is 6.10 Å². The molecule has 0 heterocycles. The van der Waals surface area contributed by atoms with Gasteiger partial charge in [0, 0.05) is 12.8 Å². The van der Waals surface area contributed by atoms with Gasteiger partial charge in [0.25, 0.3) is 6.29 Å². The van der Waals surface area contributed by atoms with Crippen LogP contribution in [0, 0.1) is 0 Å². The van der Waals surface area contributed by atoms with E-state index in [1.165, 1.54) is 205 Å². The molecule has 0 bridgehead atoms. The van der Waals surface area contributed by atoms with E-state index in [0.717, 1.165) is 44.9 Å². The molecule has 0 fully saturated rings. The highest BCUT2D eigenvalue weighted by Crippen LogP contribution is 2.17. The van der Waals surface area contributed by atoms with Gasteiger partial charge in [-0.3, -0.25) is 9.59 Å². The highest BCUT2D eigenvalue weighted by Gasteiger charge is 2.25. The van der Waals surface area contributed by atoms with Crippen molar-refractivity contribution in [3.05, 3.63) is 24.3 Å². The summed E-state index contributed by atoms with van der Waals surface area (Å²) in [7, 11) is 5.97. The van der Waals surface area contributed by atoms with Crippen molar-refractivity contribution in [2.45, 2.75) is 289 Å². The number of nitrogens with zero attached hydrogens (tertiary/aromatic N) is 1. The van der Waals surface area contributed by atoms with Gasteiger partial charge < -0.3 is 28.5 Å². The number of aliphatic carboxylic acids is 1. The third-order valence-corrected chi connectivity index (χ3v) is 13.0. The van der Waals surface area contributed by atoms with Crippen LogP contribution < -0.4 is 0 Å². The first-order chi connectivity index (χ1) is 33.1. The predicted molar refractivity (Wildman–Crippen MR) is 286 cm³/mol. The molecule has 1 N–H and O–H groups in total. The van der Waals surface area contributed by atoms with Crippen molar-refractivity contribution >= 4 is 17.9 Å². The molecule has 400 valence electrons. The fourth-order valence-electron chi connectivity index (χ4n) is 8.46. The zero-order valence-electron chi connectivity index (χ0n) is 45.5. The van der Waals surface area contributed by atoms with Gasteiger partial charge in [-0.15, -0.1) is 0 Å². The average molecular weight is 964 g/mol. The molecule has 0 aromatic heterocycles. The van der Waals surface area contributed by atoms with Gasteiger partial charge >= 0.3 is 17.9 Å². The summed E-state index contributed by atoms with van der Waals surface area (Å²) in [4.78, 5) is 37.1. The molecule has 2 unspecified atom stereocenters. The summed E-state index contributed by atoms with van der Waals surface area (Å²) in [5.74, 6) is -1.99. The number of carbonyl (C=O) groups is 3. The number of esters is 2. The van der Waals surface area contributed by atoms with Crippen molar-refractivity contribution in [1.82, 2.24) is 0 Å². The first kappa shape index (κ1) is 65.8. The number of carboxylic acid groups (broad SMARTS) is 1. The van der Waals surface area contributed by atoms with Crippen LogP contribution >= 0.6 is 0 Å². The lowest BCUT2D eigenvalue weighted by molar-refractivity contribution is -0.870. The first-order valence-electron chi connectivity index (χ1n) is 29.0. The molecule has 0 amide bonds. The Morgan fingerprint density at radius 3 is 1.16 bits per heavy atom. The van der Waals surface area contributed by atoms with Crippen LogP contribution in [0.2, 0.25) is 0 Å². The zero-order valence-corrected chi connectivity index (χ0v) is 45.5. The molecule has 0 rings (SSSR count). The fraction of sp³-hybridized carbons (Fsp3) is 0.881. The number of ether oxygens (including phenoxy) is 4. The van der Waals surface area contributed by atoms with Gasteiger partial charge in [-0.1, -0.05) is 244 Å². The minimum Gasteiger partial charge on any atom is -0.477 e. The summed E-state index contributed by atoms with van der Waals surface area (Å²) >= 11 is 0. The van der Waals surface area contributed by atoms with Crippen LogP contribution in [-0.2, 0) is 33.3 Å². The number of unbranched alkanes of at least 4 members (excludes halogenated alkanes) is 35. The monoisotopic (exact) mass is 963 g/mol. The Kier molecular flexibility index (Phi) is 49.5. The molecule has 0 radical (unpaired) electrons. The Balaban J connectivity index is 3.90. The van der Waals surface area contributed by atoms with Crippen LogP contribution in [0.3, 0.4) is 0 Å². The normalized spacial score (nSPS) is 12.9. The number of rotatable bonds is 54. The van der Waals surface area contributed by atoms with Gasteiger partial charge in [-0.25, -0.2) is 4.79 Å². The smallest absolute Gasteiger partial charge is 0.361 e. The standard InChI is InChI=1S/C59H111NO8/c1-6-8-10-12-14-16-17-18-19-20-21-22-23-24-25-26-27-28-29-30-31-32-33-34-35-36-37-38-39-40-41-42-44-46-48-50-57(62)68-55(54-67-59(58(63)64)65-52-51-60(3,4)5)53-66-56(61)49-47-45-43-15-13-11-9-7-2/h17-18,20-21,55,59H,6-16,19,22-54H2,1-5H3/p+1/b18-17-,21-20-. The molecule has 0 saturated heterocycles. The summed E-state index contributed by atoms with van der Waals surface area (Å²) in [5, 5.41) is 9.65. The second kappa shape index (κ2) is 51.1. The number of likely N-dealkylation sites (N-methyl/N-ethyl adjacent to an activating group) is 1. The summed E-state index contributed by atoms with van der Waals surface area (Å²) in [6.07, 6.45) is 57.3. The molecule has 0 aliphatic rings. The highest BCUT2D eigenvalue weighted by atomic mass is 16.7. The van der Waals surface area contributed by atoms with E-state index in [1.54, 1.807) is 0 Å². The van der Waals surface area contributed by atoms with Crippen molar-refractivity contribution in [2.24, 2.45) is 0 Å². The number of allylic oxidation sites excluding steroid dienone is 4. The summed E-state index contributed by atoms with van der Waals surface area (Å²) in [6.45, 7) is 4.86. The summed E-state index contributed by atoms with van der Waals surface area (Å²) in [6, 6.07) is 0. The molecule has 0 aliphatic carbocycles. The number of hydrogen-bond donors (Lipinski definition) is 1. The van der Waals surface area contributed by atoms with E-state index in [9.17, 15) is 19.5 Å². The van der Waals surface area contributed by atoms with E-state index in [2.05, 4.69) is 38.2 Å². The topological polar surface area (TPSA) is 108 Å². The van der Waals surface area contributed by atoms with Crippen molar-refractivity contribution in [2.75, 3.05) is 47.5 Å². The van der Waals surface area contributed by atoms with E-state index in [4.69, 9.17) is 18.9 Å². The molecule has 0 aliphatic heterocycles. The number of hydrogen-bond acceptors (Lipinski definition) is 7. The van der Waals surface area contributed by atoms with E-state index < -0.39 is 18.4 Å². The number of carbonyl (C=O) groups excluding carboxylic acids is 2. The van der Waals surface area contributed by atoms with Crippen LogP contribution in [0.5, 0.6) is 0 Å². The van der Waals surface area contributed by atoms with Crippen molar-refractivity contribution in [3.8, 4) is 0 Å². The van der Waals surface area contributed by atoms with Gasteiger partial charge in [-0.2, -0.15) is 0 Å². The second-order valence-electron chi connectivity index (χ2n) is 21.0. The summed E-state index contributed by atoms with van der Waals surface area (Å²) < 4.78 is 22.8. The van der Waals surface area contributed by atoms with Crippen LogP contribution in [0.4, 0.5) is 0 Å². The molecule has 9 nitrogen and oxygen atoms in total. The predicted octanol–water partition coefficient (Wildman–Crippen LogP) is 16.7.